The van der Waals surface area contributed by atoms with Gasteiger partial charge in [0.15, 0.2) is 5.96 Å². The summed E-state index contributed by atoms with van der Waals surface area (Å²) in [4.78, 5) is 11.8. The first-order valence-electron chi connectivity index (χ1n) is 10.9. The van der Waals surface area contributed by atoms with Crippen LogP contribution in [0.25, 0.3) is 10.8 Å². The van der Waals surface area contributed by atoms with Gasteiger partial charge in [0.25, 0.3) is 0 Å². The van der Waals surface area contributed by atoms with E-state index in [9.17, 15) is 0 Å². The molecule has 3 aromatic rings. The summed E-state index contributed by atoms with van der Waals surface area (Å²) >= 11 is 0. The highest BCUT2D eigenvalue weighted by Crippen LogP contribution is 2.16. The van der Waals surface area contributed by atoms with Gasteiger partial charge in [0.1, 0.15) is 0 Å². The zero-order chi connectivity index (χ0) is 20.6. The lowest BCUT2D eigenvalue weighted by Gasteiger charge is -2.32. The number of aliphatic imine (C=N–C) groups is 1. The number of rotatable bonds is 6. The van der Waals surface area contributed by atoms with Gasteiger partial charge in [0, 0.05) is 38.4 Å². The zero-order valence-electron chi connectivity index (χ0n) is 18.1. The van der Waals surface area contributed by atoms with Gasteiger partial charge in [0.05, 0.1) is 12.2 Å². The van der Waals surface area contributed by atoms with E-state index >= 15 is 0 Å². The number of aromatic nitrogens is 1. The van der Waals surface area contributed by atoms with Gasteiger partial charge < -0.3 is 10.6 Å². The maximum Gasteiger partial charge on any atom is 0.191 e. The average molecular weight is 529 g/mol. The highest BCUT2D eigenvalue weighted by atomic mass is 127. The van der Waals surface area contributed by atoms with Crippen molar-refractivity contribution in [2.24, 2.45) is 4.99 Å². The van der Waals surface area contributed by atoms with E-state index in [1.54, 1.807) is 0 Å². The van der Waals surface area contributed by atoms with Gasteiger partial charge in [-0.05, 0) is 54.3 Å². The van der Waals surface area contributed by atoms with Crippen LogP contribution in [0.4, 0.5) is 0 Å². The molecule has 1 aliphatic rings. The maximum atomic E-state index is 4.84. The number of pyridine rings is 1. The molecule has 2 heterocycles. The fraction of sp³-hybridized carbons (Fsp3) is 0.360. The number of nitrogens with one attached hydrogen (secondary N) is 2. The normalized spacial score (nSPS) is 15.5. The summed E-state index contributed by atoms with van der Waals surface area (Å²) in [5.41, 5.74) is 2.38. The lowest BCUT2D eigenvalue weighted by Crippen LogP contribution is -2.48. The standard InChI is InChI=1S/C25H31N5.HI/c1-2-26-25(28-18-20-10-11-21-7-3-4-8-22(21)17-20)29-23-12-15-30(16-13-23)19-24-9-5-6-14-27-24;/h3-11,14,17,23H,2,12-13,15-16,18-19H2,1H3,(H2,26,28,29);1H. The van der Waals surface area contributed by atoms with E-state index in [-0.39, 0.29) is 24.0 Å². The molecule has 1 aliphatic heterocycles. The smallest absolute Gasteiger partial charge is 0.191 e. The van der Waals surface area contributed by atoms with Crippen molar-refractivity contribution in [1.82, 2.24) is 20.5 Å². The summed E-state index contributed by atoms with van der Waals surface area (Å²) in [5, 5.41) is 9.59. The Morgan fingerprint density at radius 1 is 1.03 bits per heavy atom. The SMILES string of the molecule is CCNC(=NCc1ccc2ccccc2c1)NC1CCN(Cc2ccccn2)CC1.I. The number of likely N-dealkylation sites (tertiary alicyclic amines) is 1. The van der Waals surface area contributed by atoms with Gasteiger partial charge in [0.2, 0.25) is 0 Å². The monoisotopic (exact) mass is 529 g/mol. The van der Waals surface area contributed by atoms with Crippen molar-refractivity contribution in [1.29, 1.82) is 0 Å². The van der Waals surface area contributed by atoms with Crippen molar-refractivity contribution in [2.75, 3.05) is 19.6 Å². The summed E-state index contributed by atoms with van der Waals surface area (Å²) in [6.45, 7) is 6.75. The van der Waals surface area contributed by atoms with Gasteiger partial charge in [-0.2, -0.15) is 0 Å². The number of piperidine rings is 1. The minimum absolute atomic E-state index is 0. The molecule has 0 radical (unpaired) electrons. The molecule has 0 bridgehead atoms. The molecule has 2 aromatic carbocycles. The van der Waals surface area contributed by atoms with Crippen LogP contribution >= 0.6 is 24.0 Å². The van der Waals surface area contributed by atoms with Gasteiger partial charge in [-0.3, -0.25) is 9.88 Å². The molecule has 31 heavy (non-hydrogen) atoms. The molecular weight excluding hydrogens is 497 g/mol. The molecule has 1 fully saturated rings. The molecule has 164 valence electrons. The topological polar surface area (TPSA) is 52.6 Å². The van der Waals surface area contributed by atoms with Crippen molar-refractivity contribution >= 4 is 40.7 Å². The summed E-state index contributed by atoms with van der Waals surface area (Å²) in [5.74, 6) is 0.911. The van der Waals surface area contributed by atoms with E-state index in [0.717, 1.165) is 50.7 Å². The number of fused-ring (bicyclic) bond motifs is 1. The van der Waals surface area contributed by atoms with Crippen LogP contribution in [0.1, 0.15) is 31.0 Å². The molecular formula is C25H32IN5. The maximum absolute atomic E-state index is 4.84. The number of halogens is 1. The van der Waals surface area contributed by atoms with Gasteiger partial charge in [-0.1, -0.05) is 42.5 Å². The van der Waals surface area contributed by atoms with Crippen molar-refractivity contribution < 1.29 is 0 Å². The summed E-state index contributed by atoms with van der Waals surface area (Å²) in [6.07, 6.45) is 4.11. The second-order valence-electron chi connectivity index (χ2n) is 7.89. The number of nitrogens with zero attached hydrogens (tertiary/aromatic N) is 3. The molecule has 0 saturated carbocycles. The summed E-state index contributed by atoms with van der Waals surface area (Å²) in [6, 6.07) is 21.6. The van der Waals surface area contributed by atoms with E-state index in [1.165, 1.54) is 16.3 Å². The lowest BCUT2D eigenvalue weighted by atomic mass is 10.0. The Hall–Kier alpha value is -2.19. The van der Waals surface area contributed by atoms with Gasteiger partial charge in [-0.15, -0.1) is 24.0 Å². The Balaban J connectivity index is 0.00000272. The molecule has 0 atom stereocenters. The van der Waals surface area contributed by atoms with Crippen LogP contribution in [0.3, 0.4) is 0 Å². The first-order valence-corrected chi connectivity index (χ1v) is 10.9. The van der Waals surface area contributed by atoms with Crippen molar-refractivity contribution in [3.63, 3.8) is 0 Å². The lowest BCUT2D eigenvalue weighted by molar-refractivity contribution is 0.196. The van der Waals surface area contributed by atoms with Crippen LogP contribution < -0.4 is 10.6 Å². The molecule has 0 unspecified atom stereocenters. The fourth-order valence-corrected chi connectivity index (χ4v) is 3.98. The van der Waals surface area contributed by atoms with E-state index < -0.39 is 0 Å². The van der Waals surface area contributed by atoms with Crippen molar-refractivity contribution in [2.45, 2.75) is 38.9 Å². The van der Waals surface area contributed by atoms with Crippen LogP contribution in [0.15, 0.2) is 71.9 Å². The molecule has 0 spiro atoms. The highest BCUT2D eigenvalue weighted by Gasteiger charge is 2.20. The predicted octanol–water partition coefficient (Wildman–Crippen LogP) is 4.57. The number of benzene rings is 2. The first kappa shape index (κ1) is 23.5. The molecule has 0 amide bonds. The molecule has 5 nitrogen and oxygen atoms in total. The van der Waals surface area contributed by atoms with E-state index in [0.29, 0.717) is 12.6 Å². The second-order valence-corrected chi connectivity index (χ2v) is 7.89. The third-order valence-electron chi connectivity index (χ3n) is 5.62. The summed E-state index contributed by atoms with van der Waals surface area (Å²) in [7, 11) is 0. The molecule has 6 heteroatoms. The largest absolute Gasteiger partial charge is 0.357 e. The van der Waals surface area contributed by atoms with Gasteiger partial charge in [-0.25, -0.2) is 4.99 Å². The number of hydrogen-bond acceptors (Lipinski definition) is 3. The first-order chi connectivity index (χ1) is 14.8. The van der Waals surface area contributed by atoms with Crippen LogP contribution in [0.5, 0.6) is 0 Å². The Bertz CT molecular complexity index is 968. The predicted molar refractivity (Wildman–Crippen MR) is 140 cm³/mol. The Morgan fingerprint density at radius 3 is 2.55 bits per heavy atom. The van der Waals surface area contributed by atoms with E-state index in [1.807, 2.05) is 12.3 Å². The van der Waals surface area contributed by atoms with Crippen LogP contribution in [-0.4, -0.2) is 41.5 Å². The Labute approximate surface area is 202 Å². The molecule has 2 N–H and O–H groups in total. The van der Waals surface area contributed by atoms with Crippen LogP contribution in [0.2, 0.25) is 0 Å². The van der Waals surface area contributed by atoms with E-state index in [2.05, 4.69) is 82.0 Å². The van der Waals surface area contributed by atoms with E-state index in [4.69, 9.17) is 4.99 Å². The molecule has 4 rings (SSSR count). The number of guanidine groups is 1. The van der Waals surface area contributed by atoms with Crippen LogP contribution in [-0.2, 0) is 13.1 Å². The molecule has 0 aliphatic carbocycles. The van der Waals surface area contributed by atoms with Gasteiger partial charge >= 0.3 is 0 Å². The summed E-state index contributed by atoms with van der Waals surface area (Å²) < 4.78 is 0. The molecule has 1 aromatic heterocycles. The second kappa shape index (κ2) is 12.0. The number of hydrogen-bond donors (Lipinski definition) is 2. The third-order valence-corrected chi connectivity index (χ3v) is 5.62. The minimum Gasteiger partial charge on any atom is -0.357 e. The highest BCUT2D eigenvalue weighted by molar-refractivity contribution is 14.0. The molecule has 1 saturated heterocycles. The third kappa shape index (κ3) is 6.90. The Morgan fingerprint density at radius 2 is 1.81 bits per heavy atom. The Kier molecular flexibility index (Phi) is 9.09. The zero-order valence-corrected chi connectivity index (χ0v) is 20.5. The van der Waals surface area contributed by atoms with Crippen molar-refractivity contribution in [3.8, 4) is 0 Å². The van der Waals surface area contributed by atoms with Crippen molar-refractivity contribution in [3.05, 3.63) is 78.1 Å². The van der Waals surface area contributed by atoms with Crippen LogP contribution in [0, 0.1) is 0 Å². The minimum atomic E-state index is 0. The quantitative estimate of drug-likeness (QED) is 0.279. The fourth-order valence-electron chi connectivity index (χ4n) is 3.98. The average Bonchev–Trinajstić information content (AvgIpc) is 2.79.